The van der Waals surface area contributed by atoms with E-state index >= 15 is 0 Å². The van der Waals surface area contributed by atoms with Crippen molar-refractivity contribution in [1.29, 1.82) is 0 Å². The van der Waals surface area contributed by atoms with Gasteiger partial charge in [-0.2, -0.15) is 0 Å². The van der Waals surface area contributed by atoms with Crippen molar-refractivity contribution in [3.63, 3.8) is 0 Å². The smallest absolute Gasteiger partial charge is 0.324 e. The molecule has 7 nitrogen and oxygen atoms in total. The highest BCUT2D eigenvalue weighted by atomic mass is 16.7. The number of hydrogen-bond donors (Lipinski definition) is 0. The molecular formula is C19H12N2O5. The summed E-state index contributed by atoms with van der Waals surface area (Å²) in [5.74, 6) is -2.30. The molecule has 0 saturated carbocycles. The van der Waals surface area contributed by atoms with Gasteiger partial charge in [-0.05, 0) is 18.2 Å². The van der Waals surface area contributed by atoms with Crippen molar-refractivity contribution in [2.45, 2.75) is 0 Å². The number of pyridine rings is 1. The molecule has 0 atom stereocenters. The highest BCUT2D eigenvalue weighted by Crippen LogP contribution is 2.24. The summed E-state index contributed by atoms with van der Waals surface area (Å²) in [7, 11) is 1.51. The molecule has 1 aromatic heterocycles. The van der Waals surface area contributed by atoms with E-state index in [2.05, 4.69) is 0 Å². The standard InChI is InChI=1S/C19H12N2O5/c1-20-10-15(11-6-2-3-7-12(11)16(20)22)19(25)26-21-17(23)13-8-4-5-9-14(13)18(21)24/h2-10H,1H3. The van der Waals surface area contributed by atoms with Crippen molar-refractivity contribution in [2.24, 2.45) is 7.05 Å². The van der Waals surface area contributed by atoms with Gasteiger partial charge in [0, 0.05) is 24.0 Å². The molecule has 3 aromatic rings. The SMILES string of the molecule is Cn1cc(C(=O)ON2C(=O)c3ccccc3C2=O)c2ccccc2c1=O. The van der Waals surface area contributed by atoms with Crippen LogP contribution in [-0.4, -0.2) is 27.4 Å². The van der Waals surface area contributed by atoms with Crippen LogP contribution in [0, 0.1) is 0 Å². The van der Waals surface area contributed by atoms with Crippen LogP contribution in [0.3, 0.4) is 0 Å². The summed E-state index contributed by atoms with van der Waals surface area (Å²) in [5.41, 5.74) is 0.170. The molecule has 1 aliphatic rings. The molecule has 0 fully saturated rings. The van der Waals surface area contributed by atoms with Gasteiger partial charge in [0.2, 0.25) is 0 Å². The van der Waals surface area contributed by atoms with Crippen molar-refractivity contribution in [1.82, 2.24) is 9.63 Å². The Morgan fingerprint density at radius 1 is 0.846 bits per heavy atom. The first-order valence-electron chi connectivity index (χ1n) is 7.77. The molecule has 2 aromatic carbocycles. The summed E-state index contributed by atoms with van der Waals surface area (Å²) < 4.78 is 1.25. The summed E-state index contributed by atoms with van der Waals surface area (Å²) >= 11 is 0. The molecular weight excluding hydrogens is 336 g/mol. The van der Waals surface area contributed by atoms with Gasteiger partial charge in [-0.25, -0.2) is 4.79 Å². The molecule has 0 spiro atoms. The maximum Gasteiger partial charge on any atom is 0.366 e. The van der Waals surface area contributed by atoms with Crippen LogP contribution in [0.4, 0.5) is 0 Å². The number of carbonyl (C=O) groups excluding carboxylic acids is 3. The van der Waals surface area contributed by atoms with E-state index in [0.29, 0.717) is 15.8 Å². The number of hydroxylamine groups is 2. The number of carbonyl (C=O) groups is 3. The number of fused-ring (bicyclic) bond motifs is 2. The van der Waals surface area contributed by atoms with Crippen LogP contribution in [0.2, 0.25) is 0 Å². The maximum absolute atomic E-state index is 12.6. The van der Waals surface area contributed by atoms with Gasteiger partial charge in [0.25, 0.3) is 17.4 Å². The lowest BCUT2D eigenvalue weighted by molar-refractivity contribution is -0.0583. The van der Waals surface area contributed by atoms with Crippen LogP contribution < -0.4 is 5.56 Å². The molecule has 0 unspecified atom stereocenters. The number of imide groups is 1. The highest BCUT2D eigenvalue weighted by Gasteiger charge is 2.39. The number of rotatable bonds is 2. The number of benzene rings is 2. The summed E-state index contributed by atoms with van der Waals surface area (Å²) in [6.45, 7) is 0. The van der Waals surface area contributed by atoms with Crippen LogP contribution in [-0.2, 0) is 11.9 Å². The molecule has 128 valence electrons. The molecule has 0 saturated heterocycles. The topological polar surface area (TPSA) is 85.7 Å². The van der Waals surface area contributed by atoms with Crippen LogP contribution in [0.1, 0.15) is 31.1 Å². The minimum atomic E-state index is -0.897. The zero-order valence-electron chi connectivity index (χ0n) is 13.6. The average Bonchev–Trinajstić information content (AvgIpc) is 2.90. The quantitative estimate of drug-likeness (QED) is 0.661. The number of nitrogens with zero attached hydrogens (tertiary/aromatic N) is 2. The summed E-state index contributed by atoms with van der Waals surface area (Å²) in [6.07, 6.45) is 1.32. The number of aryl methyl sites for hydroxylation is 1. The number of amides is 2. The second-order valence-corrected chi connectivity index (χ2v) is 5.83. The summed E-state index contributed by atoms with van der Waals surface area (Å²) in [4.78, 5) is 54.6. The lowest BCUT2D eigenvalue weighted by atomic mass is 10.1. The molecule has 26 heavy (non-hydrogen) atoms. The van der Waals surface area contributed by atoms with E-state index in [1.807, 2.05) is 0 Å². The first-order valence-corrected chi connectivity index (χ1v) is 7.77. The van der Waals surface area contributed by atoms with Gasteiger partial charge in [0.1, 0.15) is 0 Å². The van der Waals surface area contributed by atoms with Crippen molar-refractivity contribution in [3.8, 4) is 0 Å². The van der Waals surface area contributed by atoms with E-state index in [4.69, 9.17) is 4.84 Å². The van der Waals surface area contributed by atoms with E-state index in [1.54, 1.807) is 36.4 Å². The van der Waals surface area contributed by atoms with Gasteiger partial charge >= 0.3 is 5.97 Å². The van der Waals surface area contributed by atoms with Gasteiger partial charge in [0.05, 0.1) is 16.7 Å². The highest BCUT2D eigenvalue weighted by molar-refractivity contribution is 6.21. The molecule has 1 aliphatic heterocycles. The fourth-order valence-electron chi connectivity index (χ4n) is 2.96. The lowest BCUT2D eigenvalue weighted by Crippen LogP contribution is -2.33. The normalized spacial score (nSPS) is 13.2. The Balaban J connectivity index is 1.74. The molecule has 0 radical (unpaired) electrons. The number of aromatic nitrogens is 1. The molecule has 7 heteroatoms. The van der Waals surface area contributed by atoms with Crippen molar-refractivity contribution >= 4 is 28.6 Å². The first kappa shape index (κ1) is 15.8. The maximum atomic E-state index is 12.6. The third kappa shape index (κ3) is 2.21. The van der Waals surface area contributed by atoms with Gasteiger partial charge in [-0.15, -0.1) is 0 Å². The largest absolute Gasteiger partial charge is 0.366 e. The van der Waals surface area contributed by atoms with Crippen molar-refractivity contribution < 1.29 is 19.2 Å². The minimum Gasteiger partial charge on any atom is -0.324 e. The Morgan fingerprint density at radius 2 is 1.38 bits per heavy atom. The Labute approximate surface area is 147 Å². The molecule has 2 amide bonds. The molecule has 0 aliphatic carbocycles. The predicted octanol–water partition coefficient (Wildman–Crippen LogP) is 1.91. The van der Waals surface area contributed by atoms with Gasteiger partial charge in [0.15, 0.2) is 0 Å². The van der Waals surface area contributed by atoms with Crippen LogP contribution in [0.25, 0.3) is 10.8 Å². The Kier molecular flexibility index (Phi) is 3.43. The van der Waals surface area contributed by atoms with E-state index in [0.717, 1.165) is 0 Å². The lowest BCUT2D eigenvalue weighted by Gasteiger charge is -2.14. The van der Waals surface area contributed by atoms with E-state index < -0.39 is 17.8 Å². The van der Waals surface area contributed by atoms with Crippen LogP contribution in [0.5, 0.6) is 0 Å². The van der Waals surface area contributed by atoms with E-state index in [9.17, 15) is 19.2 Å². The third-order valence-corrected chi connectivity index (χ3v) is 4.24. The van der Waals surface area contributed by atoms with Gasteiger partial charge < -0.3 is 9.40 Å². The van der Waals surface area contributed by atoms with E-state index in [-0.39, 0.29) is 22.2 Å². The van der Waals surface area contributed by atoms with Crippen molar-refractivity contribution in [3.05, 3.63) is 81.8 Å². The predicted molar refractivity (Wildman–Crippen MR) is 91.5 cm³/mol. The summed E-state index contributed by atoms with van der Waals surface area (Å²) in [5, 5.41) is 1.18. The Bertz CT molecular complexity index is 1130. The average molecular weight is 348 g/mol. The monoisotopic (exact) mass is 348 g/mol. The summed E-state index contributed by atoms with van der Waals surface area (Å²) in [6, 6.07) is 12.8. The molecule has 0 N–H and O–H groups in total. The van der Waals surface area contributed by atoms with Crippen LogP contribution in [0.15, 0.2) is 59.5 Å². The molecule has 2 heterocycles. The van der Waals surface area contributed by atoms with Gasteiger partial charge in [-0.3, -0.25) is 14.4 Å². The second kappa shape index (κ2) is 5.66. The second-order valence-electron chi connectivity index (χ2n) is 5.83. The van der Waals surface area contributed by atoms with E-state index in [1.165, 1.54) is 29.9 Å². The fraction of sp³-hybridized carbons (Fsp3) is 0.0526. The van der Waals surface area contributed by atoms with Crippen LogP contribution >= 0.6 is 0 Å². The minimum absolute atomic E-state index is 0.0826. The Morgan fingerprint density at radius 3 is 2.00 bits per heavy atom. The zero-order chi connectivity index (χ0) is 18.4. The molecule has 0 bridgehead atoms. The first-order chi connectivity index (χ1) is 12.5. The van der Waals surface area contributed by atoms with Crippen molar-refractivity contribution in [2.75, 3.05) is 0 Å². The number of hydrogen-bond acceptors (Lipinski definition) is 5. The third-order valence-electron chi connectivity index (χ3n) is 4.24. The van der Waals surface area contributed by atoms with Gasteiger partial charge in [-0.1, -0.05) is 35.4 Å². The zero-order valence-corrected chi connectivity index (χ0v) is 13.6. The Hall–Kier alpha value is -3.74. The molecule has 4 rings (SSSR count). The fourth-order valence-corrected chi connectivity index (χ4v) is 2.96.